The zero-order valence-corrected chi connectivity index (χ0v) is 22.8. The van der Waals surface area contributed by atoms with Crippen molar-refractivity contribution in [3.8, 4) is 5.75 Å². The number of hydrogen-bond donors (Lipinski definition) is 2. The second-order valence-electron chi connectivity index (χ2n) is 8.09. The van der Waals surface area contributed by atoms with Crippen molar-refractivity contribution in [1.82, 2.24) is 25.4 Å². The van der Waals surface area contributed by atoms with Crippen molar-refractivity contribution >= 4 is 41.7 Å². The maximum atomic E-state index is 6.03. The lowest BCUT2D eigenvalue weighted by atomic mass is 10.2. The predicted octanol–water partition coefficient (Wildman–Crippen LogP) is 4.61. The number of aryl methyl sites for hydroxylation is 2. The lowest BCUT2D eigenvalue weighted by Gasteiger charge is -2.19. The average Bonchev–Trinajstić information content (AvgIpc) is 3.44. The molecule has 1 saturated carbocycles. The fraction of sp³-hybridized carbons (Fsp3) is 0.609. The topological polar surface area (TPSA) is 76.4 Å². The molecule has 0 spiro atoms. The molecule has 1 aliphatic carbocycles. The molecule has 1 aromatic heterocycles. The van der Waals surface area contributed by atoms with Crippen molar-refractivity contribution in [2.45, 2.75) is 69.7 Å². The summed E-state index contributed by atoms with van der Waals surface area (Å²) < 4.78 is 8.42. The smallest absolute Gasteiger partial charge is 0.191 e. The molecule has 1 aromatic carbocycles. The Morgan fingerprint density at radius 3 is 2.69 bits per heavy atom. The number of rotatable bonds is 10. The number of guanidine groups is 1. The molecule has 1 unspecified atom stereocenters. The number of aromatic nitrogens is 3. The molecular formula is C23H37IN6OS. The summed E-state index contributed by atoms with van der Waals surface area (Å²) in [6.45, 7) is 5.64. The van der Waals surface area contributed by atoms with Gasteiger partial charge in [-0.15, -0.1) is 34.2 Å². The summed E-state index contributed by atoms with van der Waals surface area (Å²) in [6.07, 6.45) is 9.13. The summed E-state index contributed by atoms with van der Waals surface area (Å²) in [6, 6.07) is 8.66. The van der Waals surface area contributed by atoms with Gasteiger partial charge < -0.3 is 19.9 Å². The molecule has 1 atom stereocenters. The van der Waals surface area contributed by atoms with Crippen LogP contribution < -0.4 is 15.4 Å². The largest absolute Gasteiger partial charge is 0.489 e. The van der Waals surface area contributed by atoms with Crippen LogP contribution in [-0.2, 0) is 6.42 Å². The number of halogens is 1. The maximum absolute atomic E-state index is 6.03. The molecule has 178 valence electrons. The van der Waals surface area contributed by atoms with E-state index in [4.69, 9.17) is 4.74 Å². The Morgan fingerprint density at radius 1 is 1.25 bits per heavy atom. The van der Waals surface area contributed by atoms with E-state index in [1.165, 1.54) is 25.7 Å². The fourth-order valence-corrected chi connectivity index (χ4v) is 4.58. The van der Waals surface area contributed by atoms with Gasteiger partial charge in [-0.25, -0.2) is 0 Å². The molecular weight excluding hydrogens is 535 g/mol. The molecule has 0 bridgehead atoms. The SMILES string of the molecule is CN=C(NCCCc1nnc(SC)n1C1CCCC1)NCC(C)Oc1ccccc1C.I. The molecule has 3 rings (SSSR count). The normalized spacial score (nSPS) is 15.3. The van der Waals surface area contributed by atoms with Crippen molar-refractivity contribution in [1.29, 1.82) is 0 Å². The summed E-state index contributed by atoms with van der Waals surface area (Å²) in [4.78, 5) is 4.33. The third-order valence-corrected chi connectivity index (χ3v) is 6.32. The molecule has 2 N–H and O–H groups in total. The van der Waals surface area contributed by atoms with Gasteiger partial charge >= 0.3 is 0 Å². The maximum Gasteiger partial charge on any atom is 0.191 e. The minimum atomic E-state index is 0. The molecule has 2 aromatic rings. The molecule has 0 saturated heterocycles. The van der Waals surface area contributed by atoms with Gasteiger partial charge in [-0.05, 0) is 51.0 Å². The molecule has 32 heavy (non-hydrogen) atoms. The van der Waals surface area contributed by atoms with Crippen LogP contribution in [0.3, 0.4) is 0 Å². The lowest BCUT2D eigenvalue weighted by molar-refractivity contribution is 0.222. The highest BCUT2D eigenvalue weighted by atomic mass is 127. The highest BCUT2D eigenvalue weighted by molar-refractivity contribution is 14.0. The molecule has 9 heteroatoms. The number of ether oxygens (including phenoxy) is 1. The van der Waals surface area contributed by atoms with Crippen LogP contribution in [0.5, 0.6) is 5.75 Å². The first kappa shape index (κ1) is 26.8. The fourth-order valence-electron chi connectivity index (χ4n) is 4.01. The van der Waals surface area contributed by atoms with E-state index in [1.807, 2.05) is 18.2 Å². The van der Waals surface area contributed by atoms with Crippen molar-refractivity contribution < 1.29 is 4.74 Å². The zero-order chi connectivity index (χ0) is 22.1. The minimum absolute atomic E-state index is 0. The second kappa shape index (κ2) is 13.9. The van der Waals surface area contributed by atoms with Crippen LogP contribution >= 0.6 is 35.7 Å². The van der Waals surface area contributed by atoms with Gasteiger partial charge in [0.25, 0.3) is 0 Å². The van der Waals surface area contributed by atoms with Crippen LogP contribution in [-0.4, -0.2) is 53.2 Å². The van der Waals surface area contributed by atoms with Crippen molar-refractivity contribution in [3.05, 3.63) is 35.7 Å². The van der Waals surface area contributed by atoms with Crippen LogP contribution in [0.1, 0.15) is 56.5 Å². The predicted molar refractivity (Wildman–Crippen MR) is 144 cm³/mol. The van der Waals surface area contributed by atoms with Gasteiger partial charge in [0, 0.05) is 26.1 Å². The Balaban J connectivity index is 0.00000363. The minimum Gasteiger partial charge on any atom is -0.489 e. The first-order valence-corrected chi connectivity index (χ1v) is 12.5. The van der Waals surface area contributed by atoms with E-state index in [0.717, 1.165) is 47.6 Å². The Hall–Kier alpha value is -1.49. The molecule has 1 fully saturated rings. The number of hydrogen-bond acceptors (Lipinski definition) is 5. The van der Waals surface area contributed by atoms with E-state index < -0.39 is 0 Å². The molecule has 1 aliphatic rings. The third-order valence-electron chi connectivity index (χ3n) is 5.68. The monoisotopic (exact) mass is 572 g/mol. The number of nitrogens with zero attached hydrogens (tertiary/aromatic N) is 4. The Bertz CT molecular complexity index is 853. The van der Waals surface area contributed by atoms with Crippen LogP contribution in [0.15, 0.2) is 34.4 Å². The molecule has 1 heterocycles. The van der Waals surface area contributed by atoms with Gasteiger partial charge in [0.2, 0.25) is 0 Å². The highest BCUT2D eigenvalue weighted by Crippen LogP contribution is 2.33. The summed E-state index contributed by atoms with van der Waals surface area (Å²) in [5.41, 5.74) is 1.15. The number of nitrogens with one attached hydrogen (secondary N) is 2. The van der Waals surface area contributed by atoms with E-state index in [2.05, 4.69) is 56.6 Å². The van der Waals surface area contributed by atoms with Gasteiger partial charge in [0.05, 0.1) is 6.54 Å². The standard InChI is InChI=1S/C23H36N6OS.HI/c1-17-10-5-8-13-20(17)30-18(2)16-26-22(24-3)25-15-9-14-21-27-28-23(31-4)29(21)19-11-6-7-12-19;/h5,8,10,13,18-19H,6-7,9,11-12,14-16H2,1-4H3,(H2,24,25,26);1H. The molecule has 0 aliphatic heterocycles. The quantitative estimate of drug-likeness (QED) is 0.143. The van der Waals surface area contributed by atoms with Crippen LogP contribution in [0.25, 0.3) is 0 Å². The van der Waals surface area contributed by atoms with Crippen LogP contribution in [0.2, 0.25) is 0 Å². The first-order valence-electron chi connectivity index (χ1n) is 11.3. The summed E-state index contributed by atoms with van der Waals surface area (Å²) in [5, 5.41) is 16.7. The van der Waals surface area contributed by atoms with E-state index in [0.29, 0.717) is 12.6 Å². The number of benzene rings is 1. The van der Waals surface area contributed by atoms with Gasteiger partial charge in [-0.1, -0.05) is 42.8 Å². The molecule has 0 radical (unpaired) electrons. The number of aliphatic imine (C=N–C) groups is 1. The van der Waals surface area contributed by atoms with Crippen molar-refractivity contribution in [2.75, 3.05) is 26.4 Å². The van der Waals surface area contributed by atoms with E-state index in [1.54, 1.807) is 18.8 Å². The van der Waals surface area contributed by atoms with E-state index >= 15 is 0 Å². The van der Waals surface area contributed by atoms with Crippen molar-refractivity contribution in [3.63, 3.8) is 0 Å². The second-order valence-corrected chi connectivity index (χ2v) is 8.86. The van der Waals surface area contributed by atoms with Crippen molar-refractivity contribution in [2.24, 2.45) is 4.99 Å². The van der Waals surface area contributed by atoms with E-state index in [9.17, 15) is 0 Å². The zero-order valence-electron chi connectivity index (χ0n) is 19.6. The van der Waals surface area contributed by atoms with Crippen LogP contribution in [0.4, 0.5) is 0 Å². The van der Waals surface area contributed by atoms with E-state index in [-0.39, 0.29) is 30.1 Å². The van der Waals surface area contributed by atoms with Gasteiger partial charge in [-0.2, -0.15) is 0 Å². The van der Waals surface area contributed by atoms with Gasteiger partial charge in [0.15, 0.2) is 11.1 Å². The average molecular weight is 573 g/mol. The molecule has 0 amide bonds. The Morgan fingerprint density at radius 2 is 2.00 bits per heavy atom. The summed E-state index contributed by atoms with van der Waals surface area (Å²) >= 11 is 1.69. The Labute approximate surface area is 213 Å². The first-order chi connectivity index (χ1) is 15.1. The van der Waals surface area contributed by atoms with Gasteiger partial charge in [-0.3, -0.25) is 4.99 Å². The van der Waals surface area contributed by atoms with Gasteiger partial charge in [0.1, 0.15) is 17.7 Å². The lowest BCUT2D eigenvalue weighted by Crippen LogP contribution is -2.42. The summed E-state index contributed by atoms with van der Waals surface area (Å²) in [5.74, 6) is 2.83. The third kappa shape index (κ3) is 7.54. The summed E-state index contributed by atoms with van der Waals surface area (Å²) in [7, 11) is 1.80. The number of thioether (sulfide) groups is 1. The highest BCUT2D eigenvalue weighted by Gasteiger charge is 2.23. The Kier molecular flexibility index (Phi) is 11.6. The number of para-hydroxylation sites is 1. The molecule has 7 nitrogen and oxygen atoms in total. The van der Waals surface area contributed by atoms with Crippen LogP contribution in [0, 0.1) is 6.92 Å².